The van der Waals surface area contributed by atoms with E-state index in [2.05, 4.69) is 25.5 Å². The van der Waals surface area contributed by atoms with Gasteiger partial charge in [0.05, 0.1) is 6.61 Å². The standard InChI is InChI=1S/C18H19N5O2/c1-13(25-12-10-14-7-3-2-4-8-14)17(24)21-18-20-16(22-23-18)15-9-5-6-11-19-15/h2-9,11,13H,10,12H2,1H3,(H2,20,21,22,23,24). The zero-order chi connectivity index (χ0) is 17.5. The Hall–Kier alpha value is -3.06. The Balaban J connectivity index is 1.49. The summed E-state index contributed by atoms with van der Waals surface area (Å²) in [6.45, 7) is 2.17. The molecule has 0 bridgehead atoms. The first-order valence-corrected chi connectivity index (χ1v) is 8.03. The second-order valence-electron chi connectivity index (χ2n) is 5.48. The van der Waals surface area contributed by atoms with Crippen molar-refractivity contribution in [3.8, 4) is 11.5 Å². The first-order valence-electron chi connectivity index (χ1n) is 8.03. The molecule has 0 fully saturated rings. The molecular formula is C18H19N5O2. The summed E-state index contributed by atoms with van der Waals surface area (Å²) in [4.78, 5) is 19.3. The van der Waals surface area contributed by atoms with Crippen molar-refractivity contribution in [2.75, 3.05) is 11.9 Å². The molecule has 1 amide bonds. The molecule has 1 unspecified atom stereocenters. The topological polar surface area (TPSA) is 92.8 Å². The van der Waals surface area contributed by atoms with Crippen LogP contribution in [0.4, 0.5) is 5.95 Å². The fourth-order valence-electron chi connectivity index (χ4n) is 2.23. The van der Waals surface area contributed by atoms with Gasteiger partial charge in [0.2, 0.25) is 5.95 Å². The second-order valence-corrected chi connectivity index (χ2v) is 5.48. The molecule has 0 saturated carbocycles. The Morgan fingerprint density at radius 1 is 1.16 bits per heavy atom. The SMILES string of the molecule is CC(OCCc1ccccc1)C(=O)Nc1nnc(-c2ccccn2)[nH]1. The number of amides is 1. The van der Waals surface area contributed by atoms with Gasteiger partial charge in [-0.3, -0.25) is 15.1 Å². The average Bonchev–Trinajstić information content (AvgIpc) is 3.12. The van der Waals surface area contributed by atoms with Crippen LogP contribution in [0.3, 0.4) is 0 Å². The van der Waals surface area contributed by atoms with Crippen LogP contribution in [0.25, 0.3) is 11.5 Å². The van der Waals surface area contributed by atoms with Crippen LogP contribution in [0.15, 0.2) is 54.7 Å². The molecule has 3 rings (SSSR count). The largest absolute Gasteiger partial charge is 0.368 e. The summed E-state index contributed by atoms with van der Waals surface area (Å²) < 4.78 is 5.58. The maximum absolute atomic E-state index is 12.2. The van der Waals surface area contributed by atoms with Crippen molar-refractivity contribution in [3.63, 3.8) is 0 Å². The van der Waals surface area contributed by atoms with Gasteiger partial charge >= 0.3 is 0 Å². The molecule has 0 saturated heterocycles. The Kier molecular flexibility index (Phi) is 5.48. The lowest BCUT2D eigenvalue weighted by Gasteiger charge is -2.12. The normalized spacial score (nSPS) is 11.9. The maximum atomic E-state index is 12.2. The van der Waals surface area contributed by atoms with Gasteiger partial charge in [0, 0.05) is 6.20 Å². The number of nitrogens with zero attached hydrogens (tertiary/aromatic N) is 3. The molecule has 0 spiro atoms. The zero-order valence-electron chi connectivity index (χ0n) is 13.8. The van der Waals surface area contributed by atoms with Crippen molar-refractivity contribution in [2.24, 2.45) is 0 Å². The summed E-state index contributed by atoms with van der Waals surface area (Å²) in [5.41, 5.74) is 1.83. The Bertz CT molecular complexity index is 805. The third-order valence-corrected chi connectivity index (χ3v) is 3.61. The number of hydrogen-bond donors (Lipinski definition) is 2. The van der Waals surface area contributed by atoms with Gasteiger partial charge in [0.15, 0.2) is 5.82 Å². The third kappa shape index (κ3) is 4.71. The highest BCUT2D eigenvalue weighted by atomic mass is 16.5. The van der Waals surface area contributed by atoms with Crippen LogP contribution in [0.1, 0.15) is 12.5 Å². The number of hydrogen-bond acceptors (Lipinski definition) is 5. The molecule has 7 nitrogen and oxygen atoms in total. The van der Waals surface area contributed by atoms with E-state index >= 15 is 0 Å². The van der Waals surface area contributed by atoms with Crippen LogP contribution >= 0.6 is 0 Å². The number of rotatable bonds is 7. The number of carbonyl (C=O) groups is 1. The highest BCUT2D eigenvalue weighted by molar-refractivity contribution is 5.92. The number of carbonyl (C=O) groups excluding carboxylic acids is 1. The van der Waals surface area contributed by atoms with Crippen LogP contribution in [0.5, 0.6) is 0 Å². The Morgan fingerprint density at radius 2 is 1.96 bits per heavy atom. The minimum atomic E-state index is -0.591. The molecule has 2 heterocycles. The molecule has 1 atom stereocenters. The number of ether oxygens (including phenoxy) is 1. The van der Waals surface area contributed by atoms with E-state index in [1.54, 1.807) is 19.2 Å². The molecule has 128 valence electrons. The summed E-state index contributed by atoms with van der Waals surface area (Å²) >= 11 is 0. The van der Waals surface area contributed by atoms with Crippen LogP contribution in [-0.4, -0.2) is 38.8 Å². The summed E-state index contributed by atoms with van der Waals surface area (Å²) in [6.07, 6.45) is 1.83. The highest BCUT2D eigenvalue weighted by Gasteiger charge is 2.16. The van der Waals surface area contributed by atoms with E-state index < -0.39 is 6.10 Å². The van der Waals surface area contributed by atoms with Crippen molar-refractivity contribution in [3.05, 3.63) is 60.3 Å². The second kappa shape index (κ2) is 8.16. The minimum absolute atomic E-state index is 0.268. The Labute approximate surface area is 145 Å². The molecule has 0 aliphatic heterocycles. The highest BCUT2D eigenvalue weighted by Crippen LogP contribution is 2.12. The van der Waals surface area contributed by atoms with Gasteiger partial charge in [0.1, 0.15) is 11.8 Å². The molecule has 0 radical (unpaired) electrons. The number of pyridine rings is 1. The molecular weight excluding hydrogens is 318 g/mol. The van der Waals surface area contributed by atoms with E-state index in [1.807, 2.05) is 42.5 Å². The van der Waals surface area contributed by atoms with E-state index in [9.17, 15) is 4.79 Å². The first-order chi connectivity index (χ1) is 12.2. The fraction of sp³-hybridized carbons (Fsp3) is 0.222. The molecule has 1 aromatic carbocycles. The van der Waals surface area contributed by atoms with Gasteiger partial charge in [-0.1, -0.05) is 36.4 Å². The molecule has 3 aromatic rings. The lowest BCUT2D eigenvalue weighted by molar-refractivity contribution is -0.126. The van der Waals surface area contributed by atoms with Gasteiger partial charge in [-0.15, -0.1) is 10.2 Å². The van der Waals surface area contributed by atoms with E-state index in [1.165, 1.54) is 5.56 Å². The number of benzene rings is 1. The van der Waals surface area contributed by atoms with Crippen molar-refractivity contribution >= 4 is 11.9 Å². The number of nitrogens with one attached hydrogen (secondary N) is 2. The van der Waals surface area contributed by atoms with E-state index in [4.69, 9.17) is 4.74 Å². The van der Waals surface area contributed by atoms with Crippen LogP contribution < -0.4 is 5.32 Å². The lowest BCUT2D eigenvalue weighted by Crippen LogP contribution is -2.28. The lowest BCUT2D eigenvalue weighted by atomic mass is 10.2. The molecule has 7 heteroatoms. The van der Waals surface area contributed by atoms with Crippen molar-refractivity contribution in [1.82, 2.24) is 20.2 Å². The van der Waals surface area contributed by atoms with Gasteiger partial charge in [-0.25, -0.2) is 0 Å². The quantitative estimate of drug-likeness (QED) is 0.691. The van der Waals surface area contributed by atoms with Gasteiger partial charge < -0.3 is 9.72 Å². The summed E-state index contributed by atoms with van der Waals surface area (Å²) in [5, 5.41) is 10.5. The smallest absolute Gasteiger partial charge is 0.255 e. The predicted molar refractivity (Wildman–Crippen MR) is 93.8 cm³/mol. The van der Waals surface area contributed by atoms with Crippen LogP contribution in [-0.2, 0) is 16.0 Å². The van der Waals surface area contributed by atoms with E-state index in [-0.39, 0.29) is 11.9 Å². The number of anilines is 1. The fourth-order valence-corrected chi connectivity index (χ4v) is 2.23. The minimum Gasteiger partial charge on any atom is -0.368 e. The number of aromatic nitrogens is 4. The van der Waals surface area contributed by atoms with E-state index in [0.717, 1.165) is 6.42 Å². The predicted octanol–water partition coefficient (Wildman–Crippen LogP) is 2.45. The van der Waals surface area contributed by atoms with Crippen molar-refractivity contribution in [2.45, 2.75) is 19.4 Å². The molecule has 2 aromatic heterocycles. The molecule has 2 N–H and O–H groups in total. The number of H-pyrrole nitrogens is 1. The summed E-state index contributed by atoms with van der Waals surface area (Å²) in [6, 6.07) is 15.5. The average molecular weight is 337 g/mol. The summed E-state index contributed by atoms with van der Waals surface area (Å²) in [5.74, 6) is 0.481. The van der Waals surface area contributed by atoms with Crippen LogP contribution in [0.2, 0.25) is 0 Å². The first kappa shape index (κ1) is 16.8. The van der Waals surface area contributed by atoms with Crippen molar-refractivity contribution < 1.29 is 9.53 Å². The van der Waals surface area contributed by atoms with Gasteiger partial charge in [0.25, 0.3) is 5.91 Å². The van der Waals surface area contributed by atoms with Crippen molar-refractivity contribution in [1.29, 1.82) is 0 Å². The van der Waals surface area contributed by atoms with Crippen LogP contribution in [0, 0.1) is 0 Å². The molecule has 0 aliphatic carbocycles. The van der Waals surface area contributed by atoms with Gasteiger partial charge in [-0.05, 0) is 31.0 Å². The summed E-state index contributed by atoms with van der Waals surface area (Å²) in [7, 11) is 0. The van der Waals surface area contributed by atoms with Gasteiger partial charge in [-0.2, -0.15) is 0 Å². The maximum Gasteiger partial charge on any atom is 0.255 e. The Morgan fingerprint density at radius 3 is 2.72 bits per heavy atom. The van der Waals surface area contributed by atoms with E-state index in [0.29, 0.717) is 18.1 Å². The zero-order valence-corrected chi connectivity index (χ0v) is 13.8. The monoisotopic (exact) mass is 337 g/mol. The third-order valence-electron chi connectivity index (χ3n) is 3.61. The molecule has 25 heavy (non-hydrogen) atoms. The molecule has 0 aliphatic rings. The number of aromatic amines is 1.